The number of nitrogens with two attached hydrogens (primary N) is 1. The fourth-order valence-corrected chi connectivity index (χ4v) is 2.81. The molecule has 0 radical (unpaired) electrons. The molecular weight excluding hydrogens is 266 g/mol. The van der Waals surface area contributed by atoms with Crippen molar-refractivity contribution in [1.29, 1.82) is 0 Å². The Morgan fingerprint density at radius 1 is 1.43 bits per heavy atom. The van der Waals surface area contributed by atoms with Gasteiger partial charge in [-0.2, -0.15) is 0 Å². The Kier molecular flexibility index (Phi) is 5.20. The van der Waals surface area contributed by atoms with Crippen LogP contribution in [0.15, 0.2) is 24.3 Å². The Hall–Kier alpha value is -1.59. The Morgan fingerprint density at radius 2 is 2.14 bits per heavy atom. The predicted octanol–water partition coefficient (Wildman–Crippen LogP) is 2.47. The summed E-state index contributed by atoms with van der Waals surface area (Å²) in [6.07, 6.45) is 3.28. The van der Waals surface area contributed by atoms with E-state index in [0.29, 0.717) is 0 Å². The zero-order chi connectivity index (χ0) is 15.4. The first-order valence-corrected chi connectivity index (χ1v) is 7.56. The second kappa shape index (κ2) is 6.91. The maximum atomic E-state index is 12.3. The summed E-state index contributed by atoms with van der Waals surface area (Å²) >= 11 is 0. The van der Waals surface area contributed by atoms with Crippen molar-refractivity contribution >= 4 is 11.7 Å². The van der Waals surface area contributed by atoms with E-state index in [1.165, 1.54) is 0 Å². The minimum absolute atomic E-state index is 0.0697. The number of aliphatic hydroxyl groups excluding tert-OH is 1. The third-order valence-electron chi connectivity index (χ3n) is 4.18. The van der Waals surface area contributed by atoms with Gasteiger partial charge in [0, 0.05) is 18.8 Å². The highest BCUT2D eigenvalue weighted by Gasteiger charge is 2.29. The summed E-state index contributed by atoms with van der Waals surface area (Å²) in [6, 6.07) is 7.18. The van der Waals surface area contributed by atoms with Crippen LogP contribution in [0.2, 0.25) is 0 Å². The van der Waals surface area contributed by atoms with Gasteiger partial charge in [-0.05, 0) is 37.5 Å². The van der Waals surface area contributed by atoms with Crippen LogP contribution in [-0.2, 0) is 0 Å². The third-order valence-corrected chi connectivity index (χ3v) is 4.18. The molecule has 1 aromatic rings. The lowest BCUT2D eigenvalue weighted by atomic mass is 9.92. The van der Waals surface area contributed by atoms with Crippen molar-refractivity contribution in [3.63, 3.8) is 0 Å². The van der Waals surface area contributed by atoms with Gasteiger partial charge >= 0.3 is 6.03 Å². The van der Waals surface area contributed by atoms with Crippen LogP contribution in [0, 0.1) is 0 Å². The van der Waals surface area contributed by atoms with E-state index in [1.807, 2.05) is 31.2 Å². The van der Waals surface area contributed by atoms with Crippen LogP contribution in [0.3, 0.4) is 0 Å². The molecule has 5 nitrogen and oxygen atoms in total. The minimum atomic E-state index is -0.426. The van der Waals surface area contributed by atoms with Crippen LogP contribution in [0.1, 0.15) is 44.2 Å². The van der Waals surface area contributed by atoms with E-state index in [9.17, 15) is 9.90 Å². The molecule has 0 spiro atoms. The molecule has 1 aromatic carbocycles. The van der Waals surface area contributed by atoms with Crippen LogP contribution in [0.5, 0.6) is 0 Å². The van der Waals surface area contributed by atoms with Crippen molar-refractivity contribution in [1.82, 2.24) is 4.90 Å². The highest BCUT2D eigenvalue weighted by atomic mass is 16.3. The number of anilines is 1. The SMILES string of the molecule is CC(N)c1cccc(NC(=O)N(C)C2CCCCC2O)c1. The van der Waals surface area contributed by atoms with Gasteiger partial charge in [-0.25, -0.2) is 4.79 Å². The summed E-state index contributed by atoms with van der Waals surface area (Å²) < 4.78 is 0. The normalized spacial score (nSPS) is 23.4. The molecule has 0 bridgehead atoms. The number of carbonyl (C=O) groups excluding carboxylic acids is 1. The highest BCUT2D eigenvalue weighted by molar-refractivity contribution is 5.89. The molecule has 0 heterocycles. The largest absolute Gasteiger partial charge is 0.391 e. The van der Waals surface area contributed by atoms with Crippen molar-refractivity contribution in [2.75, 3.05) is 12.4 Å². The van der Waals surface area contributed by atoms with Crippen molar-refractivity contribution in [2.45, 2.75) is 50.8 Å². The van der Waals surface area contributed by atoms with Crippen molar-refractivity contribution < 1.29 is 9.90 Å². The monoisotopic (exact) mass is 291 g/mol. The smallest absolute Gasteiger partial charge is 0.321 e. The van der Waals surface area contributed by atoms with Crippen LogP contribution >= 0.6 is 0 Å². The fraction of sp³-hybridized carbons (Fsp3) is 0.562. The van der Waals surface area contributed by atoms with Crippen LogP contribution in [-0.4, -0.2) is 35.2 Å². The predicted molar refractivity (Wildman–Crippen MR) is 84.1 cm³/mol. The van der Waals surface area contributed by atoms with E-state index in [1.54, 1.807) is 11.9 Å². The van der Waals surface area contributed by atoms with Crippen molar-refractivity contribution in [3.8, 4) is 0 Å². The van der Waals surface area contributed by atoms with Gasteiger partial charge in [-0.3, -0.25) is 0 Å². The summed E-state index contributed by atoms with van der Waals surface area (Å²) in [6.45, 7) is 1.91. The van der Waals surface area contributed by atoms with Gasteiger partial charge in [0.1, 0.15) is 0 Å². The zero-order valence-electron chi connectivity index (χ0n) is 12.7. The van der Waals surface area contributed by atoms with Gasteiger partial charge in [0.05, 0.1) is 12.1 Å². The number of aliphatic hydroxyl groups is 1. The van der Waals surface area contributed by atoms with Crippen molar-refractivity contribution in [3.05, 3.63) is 29.8 Å². The van der Waals surface area contributed by atoms with E-state index in [2.05, 4.69) is 5.32 Å². The maximum absolute atomic E-state index is 12.3. The number of hydrogen-bond acceptors (Lipinski definition) is 3. The molecule has 4 N–H and O–H groups in total. The third kappa shape index (κ3) is 3.95. The molecular formula is C16H25N3O2. The summed E-state index contributed by atoms with van der Waals surface area (Å²) in [4.78, 5) is 13.9. The summed E-state index contributed by atoms with van der Waals surface area (Å²) in [5.41, 5.74) is 7.56. The summed E-state index contributed by atoms with van der Waals surface area (Å²) in [5, 5.41) is 12.9. The lowest BCUT2D eigenvalue weighted by Crippen LogP contribution is -2.47. The average molecular weight is 291 g/mol. The summed E-state index contributed by atoms with van der Waals surface area (Å²) in [7, 11) is 1.74. The first-order chi connectivity index (χ1) is 9.99. The molecule has 2 rings (SSSR count). The molecule has 1 aliphatic carbocycles. The van der Waals surface area contributed by atoms with E-state index in [4.69, 9.17) is 5.73 Å². The lowest BCUT2D eigenvalue weighted by Gasteiger charge is -2.35. The topological polar surface area (TPSA) is 78.6 Å². The standard InChI is InChI=1S/C16H25N3O2/c1-11(17)12-6-5-7-13(10-12)18-16(21)19(2)14-8-3-4-9-15(14)20/h5-7,10-11,14-15,20H,3-4,8-9,17H2,1-2H3,(H,18,21). The molecule has 1 fully saturated rings. The second-order valence-corrected chi connectivity index (χ2v) is 5.87. The van der Waals surface area contributed by atoms with E-state index >= 15 is 0 Å². The number of amides is 2. The quantitative estimate of drug-likeness (QED) is 0.800. The molecule has 0 aromatic heterocycles. The molecule has 0 aliphatic heterocycles. The maximum Gasteiger partial charge on any atom is 0.321 e. The number of hydrogen-bond donors (Lipinski definition) is 3. The molecule has 5 heteroatoms. The molecule has 1 saturated carbocycles. The van der Waals surface area contributed by atoms with Gasteiger partial charge in [-0.15, -0.1) is 0 Å². The molecule has 1 aliphatic rings. The van der Waals surface area contributed by atoms with E-state index in [-0.39, 0.29) is 18.1 Å². The van der Waals surface area contributed by atoms with Gasteiger partial charge in [0.25, 0.3) is 0 Å². The second-order valence-electron chi connectivity index (χ2n) is 5.87. The summed E-state index contributed by atoms with van der Waals surface area (Å²) in [5.74, 6) is 0. The van der Waals surface area contributed by atoms with E-state index in [0.717, 1.165) is 36.9 Å². The van der Waals surface area contributed by atoms with Gasteiger partial charge in [0.2, 0.25) is 0 Å². The number of urea groups is 1. The number of likely N-dealkylation sites (N-methyl/N-ethyl adjacent to an activating group) is 1. The molecule has 2 amide bonds. The number of benzene rings is 1. The van der Waals surface area contributed by atoms with Crippen LogP contribution in [0.4, 0.5) is 10.5 Å². The Bertz CT molecular complexity index is 490. The Labute approximate surface area is 126 Å². The van der Waals surface area contributed by atoms with Gasteiger partial charge < -0.3 is 21.1 Å². The lowest BCUT2D eigenvalue weighted by molar-refractivity contribution is 0.0494. The van der Waals surface area contributed by atoms with Crippen molar-refractivity contribution in [2.24, 2.45) is 5.73 Å². The minimum Gasteiger partial charge on any atom is -0.391 e. The fourth-order valence-electron chi connectivity index (χ4n) is 2.81. The highest BCUT2D eigenvalue weighted by Crippen LogP contribution is 2.23. The number of nitrogens with zero attached hydrogens (tertiary/aromatic N) is 1. The molecule has 116 valence electrons. The first-order valence-electron chi connectivity index (χ1n) is 7.56. The first kappa shape index (κ1) is 15.8. The van der Waals surface area contributed by atoms with Crippen LogP contribution < -0.4 is 11.1 Å². The van der Waals surface area contributed by atoms with Gasteiger partial charge in [0.15, 0.2) is 0 Å². The Balaban J connectivity index is 2.01. The molecule has 3 unspecified atom stereocenters. The van der Waals surface area contributed by atoms with Crippen LogP contribution in [0.25, 0.3) is 0 Å². The molecule has 21 heavy (non-hydrogen) atoms. The number of carbonyl (C=O) groups is 1. The number of rotatable bonds is 3. The zero-order valence-corrected chi connectivity index (χ0v) is 12.7. The average Bonchev–Trinajstić information content (AvgIpc) is 2.47. The van der Waals surface area contributed by atoms with Gasteiger partial charge in [-0.1, -0.05) is 25.0 Å². The molecule has 3 atom stereocenters. The number of nitrogens with one attached hydrogen (secondary N) is 1. The molecule has 0 saturated heterocycles. The Morgan fingerprint density at radius 3 is 2.81 bits per heavy atom. The van der Waals surface area contributed by atoms with E-state index < -0.39 is 6.10 Å².